The van der Waals surface area contributed by atoms with Crippen LogP contribution in [0, 0.1) is 0 Å². The fourth-order valence-electron chi connectivity index (χ4n) is 2.28. The van der Waals surface area contributed by atoms with E-state index in [4.69, 9.17) is 0 Å². The minimum absolute atomic E-state index is 1.08. The van der Waals surface area contributed by atoms with E-state index in [0.29, 0.717) is 0 Å². The predicted molar refractivity (Wildman–Crippen MR) is 76.2 cm³/mol. The number of benzene rings is 1. The SMILES string of the molecule is CCC=CN(C)c1ccc2c(c1)C(C)=C(C)C2. The largest absolute Gasteiger partial charge is 0.351 e. The Balaban J connectivity index is 2.31. The monoisotopic (exact) mass is 227 g/mol. The molecular weight excluding hydrogens is 206 g/mol. The van der Waals surface area contributed by atoms with Crippen LogP contribution in [0.15, 0.2) is 36.0 Å². The molecule has 1 aliphatic carbocycles. The lowest BCUT2D eigenvalue weighted by Gasteiger charge is -2.16. The van der Waals surface area contributed by atoms with Gasteiger partial charge >= 0.3 is 0 Å². The molecule has 0 saturated heterocycles. The van der Waals surface area contributed by atoms with Gasteiger partial charge in [-0.1, -0.05) is 24.6 Å². The third-order valence-corrected chi connectivity index (χ3v) is 3.57. The molecule has 0 aliphatic heterocycles. The molecule has 0 bridgehead atoms. The molecule has 2 rings (SSSR count). The standard InChI is InChI=1S/C16H21N/c1-5-6-9-17(4)15-8-7-14-10-12(2)13(3)16(14)11-15/h6-9,11H,5,10H2,1-4H3. The number of anilines is 1. The van der Waals surface area contributed by atoms with Crippen molar-refractivity contribution in [2.24, 2.45) is 0 Å². The third-order valence-electron chi connectivity index (χ3n) is 3.57. The van der Waals surface area contributed by atoms with E-state index in [1.165, 1.54) is 28.0 Å². The molecule has 1 aliphatic rings. The molecule has 0 unspecified atom stereocenters. The summed E-state index contributed by atoms with van der Waals surface area (Å²) in [5, 5.41) is 0. The number of hydrogen-bond acceptors (Lipinski definition) is 1. The van der Waals surface area contributed by atoms with Crippen LogP contribution in [-0.2, 0) is 6.42 Å². The van der Waals surface area contributed by atoms with Crippen LogP contribution in [-0.4, -0.2) is 7.05 Å². The minimum Gasteiger partial charge on any atom is -0.351 e. The first kappa shape index (κ1) is 12.0. The summed E-state index contributed by atoms with van der Waals surface area (Å²) in [4.78, 5) is 2.19. The van der Waals surface area contributed by atoms with Crippen LogP contribution < -0.4 is 4.90 Å². The fraction of sp³-hybridized carbons (Fsp3) is 0.375. The molecule has 17 heavy (non-hydrogen) atoms. The maximum Gasteiger partial charge on any atom is 0.0409 e. The van der Waals surface area contributed by atoms with E-state index < -0.39 is 0 Å². The van der Waals surface area contributed by atoms with Crippen molar-refractivity contribution in [2.75, 3.05) is 11.9 Å². The second-order valence-corrected chi connectivity index (χ2v) is 4.83. The van der Waals surface area contributed by atoms with Crippen molar-refractivity contribution < 1.29 is 0 Å². The summed E-state index contributed by atoms with van der Waals surface area (Å²) < 4.78 is 0. The second kappa shape index (κ2) is 4.79. The van der Waals surface area contributed by atoms with Crippen LogP contribution >= 0.6 is 0 Å². The highest BCUT2D eigenvalue weighted by Gasteiger charge is 2.15. The maximum atomic E-state index is 2.31. The fourth-order valence-corrected chi connectivity index (χ4v) is 2.28. The first-order chi connectivity index (χ1) is 8.13. The van der Waals surface area contributed by atoms with E-state index >= 15 is 0 Å². The van der Waals surface area contributed by atoms with Crippen molar-refractivity contribution in [1.29, 1.82) is 0 Å². The van der Waals surface area contributed by atoms with E-state index in [2.05, 4.69) is 63.2 Å². The summed E-state index contributed by atoms with van der Waals surface area (Å²) in [6.07, 6.45) is 6.52. The molecule has 0 spiro atoms. The van der Waals surface area contributed by atoms with Crippen molar-refractivity contribution in [2.45, 2.75) is 33.6 Å². The molecule has 0 atom stereocenters. The number of fused-ring (bicyclic) bond motifs is 1. The highest BCUT2D eigenvalue weighted by atomic mass is 15.1. The summed E-state index contributed by atoms with van der Waals surface area (Å²) >= 11 is 0. The van der Waals surface area contributed by atoms with E-state index in [1.54, 1.807) is 0 Å². The molecule has 1 heteroatoms. The molecule has 0 fully saturated rings. The van der Waals surface area contributed by atoms with E-state index in [0.717, 1.165) is 12.8 Å². The highest BCUT2D eigenvalue weighted by molar-refractivity contribution is 5.77. The Bertz CT molecular complexity index is 480. The summed E-state index contributed by atoms with van der Waals surface area (Å²) in [7, 11) is 2.11. The molecule has 0 amide bonds. The lowest BCUT2D eigenvalue weighted by Crippen LogP contribution is -2.08. The Hall–Kier alpha value is -1.50. The van der Waals surface area contributed by atoms with Crippen molar-refractivity contribution in [3.63, 3.8) is 0 Å². The second-order valence-electron chi connectivity index (χ2n) is 4.83. The first-order valence-electron chi connectivity index (χ1n) is 6.32. The van der Waals surface area contributed by atoms with Crippen molar-refractivity contribution in [3.8, 4) is 0 Å². The van der Waals surface area contributed by atoms with Gasteiger partial charge < -0.3 is 4.90 Å². The van der Waals surface area contributed by atoms with Gasteiger partial charge in [-0.15, -0.1) is 0 Å². The summed E-state index contributed by atoms with van der Waals surface area (Å²) in [5.74, 6) is 0. The number of rotatable bonds is 3. The van der Waals surface area contributed by atoms with Gasteiger partial charge in [0.15, 0.2) is 0 Å². The van der Waals surface area contributed by atoms with Gasteiger partial charge in [0.2, 0.25) is 0 Å². The molecule has 1 aromatic rings. The summed E-state index contributed by atoms with van der Waals surface area (Å²) in [6, 6.07) is 6.78. The van der Waals surface area contributed by atoms with Crippen molar-refractivity contribution in [3.05, 3.63) is 47.2 Å². The lowest BCUT2D eigenvalue weighted by atomic mass is 10.1. The quantitative estimate of drug-likeness (QED) is 0.740. The van der Waals surface area contributed by atoms with E-state index in [9.17, 15) is 0 Å². The smallest absolute Gasteiger partial charge is 0.0409 e. The van der Waals surface area contributed by atoms with Crippen LogP contribution in [0.5, 0.6) is 0 Å². The average Bonchev–Trinajstić information content (AvgIpc) is 2.62. The van der Waals surface area contributed by atoms with Gasteiger partial charge in [0.25, 0.3) is 0 Å². The number of nitrogens with zero attached hydrogens (tertiary/aromatic N) is 1. The zero-order valence-electron chi connectivity index (χ0n) is 11.2. The highest BCUT2D eigenvalue weighted by Crippen LogP contribution is 2.34. The van der Waals surface area contributed by atoms with E-state index in [-0.39, 0.29) is 0 Å². The van der Waals surface area contributed by atoms with Gasteiger partial charge in [-0.25, -0.2) is 0 Å². The predicted octanol–water partition coefficient (Wildman–Crippen LogP) is 4.40. The molecule has 0 radical (unpaired) electrons. The lowest BCUT2D eigenvalue weighted by molar-refractivity contribution is 1.14. The molecule has 0 heterocycles. The molecule has 1 nitrogen and oxygen atoms in total. The summed E-state index contributed by atoms with van der Waals surface area (Å²) in [6.45, 7) is 6.62. The van der Waals surface area contributed by atoms with Crippen molar-refractivity contribution in [1.82, 2.24) is 0 Å². The van der Waals surface area contributed by atoms with E-state index in [1.807, 2.05) is 0 Å². The maximum absolute atomic E-state index is 2.31. The van der Waals surface area contributed by atoms with Gasteiger partial charge in [-0.3, -0.25) is 0 Å². The Morgan fingerprint density at radius 3 is 2.76 bits per heavy atom. The van der Waals surface area contributed by atoms with Crippen LogP contribution in [0.25, 0.3) is 5.57 Å². The Labute approximate surface area is 104 Å². The van der Waals surface area contributed by atoms with Gasteiger partial charge in [0, 0.05) is 12.7 Å². The first-order valence-corrected chi connectivity index (χ1v) is 6.32. The van der Waals surface area contributed by atoms with Crippen LogP contribution in [0.1, 0.15) is 38.3 Å². The van der Waals surface area contributed by atoms with Crippen LogP contribution in [0.2, 0.25) is 0 Å². The molecule has 0 saturated carbocycles. The Morgan fingerprint density at radius 1 is 1.29 bits per heavy atom. The Kier molecular flexibility index (Phi) is 3.37. The van der Waals surface area contributed by atoms with Gasteiger partial charge in [0.05, 0.1) is 0 Å². The van der Waals surface area contributed by atoms with Gasteiger partial charge in [-0.2, -0.15) is 0 Å². The van der Waals surface area contributed by atoms with Crippen LogP contribution in [0.3, 0.4) is 0 Å². The molecule has 0 aromatic heterocycles. The average molecular weight is 227 g/mol. The Morgan fingerprint density at radius 2 is 2.06 bits per heavy atom. The molecular formula is C16H21N. The number of hydrogen-bond donors (Lipinski definition) is 0. The normalized spacial score (nSPS) is 14.6. The molecule has 1 aromatic carbocycles. The zero-order valence-corrected chi connectivity index (χ0v) is 11.2. The third kappa shape index (κ3) is 2.28. The summed E-state index contributed by atoms with van der Waals surface area (Å²) in [5.41, 5.74) is 7.12. The number of allylic oxidation sites excluding steroid dienone is 3. The van der Waals surface area contributed by atoms with Gasteiger partial charge in [-0.05, 0) is 61.7 Å². The molecule has 90 valence electrons. The van der Waals surface area contributed by atoms with Gasteiger partial charge in [0.1, 0.15) is 0 Å². The molecule has 0 N–H and O–H groups in total. The minimum atomic E-state index is 1.08. The van der Waals surface area contributed by atoms with Crippen molar-refractivity contribution >= 4 is 11.3 Å². The topological polar surface area (TPSA) is 3.24 Å². The van der Waals surface area contributed by atoms with Crippen LogP contribution in [0.4, 0.5) is 5.69 Å². The zero-order chi connectivity index (χ0) is 12.4.